The van der Waals surface area contributed by atoms with Crippen molar-refractivity contribution in [3.05, 3.63) is 56.5 Å². The monoisotopic (exact) mass is 382 g/mol. The molecule has 0 aliphatic carbocycles. The van der Waals surface area contributed by atoms with E-state index < -0.39 is 17.2 Å². The number of anilines is 2. The molecule has 146 valence electrons. The molecule has 4 N–H and O–H groups in total. The van der Waals surface area contributed by atoms with Gasteiger partial charge in [0.2, 0.25) is 0 Å². The second-order valence-corrected chi connectivity index (χ2v) is 6.78. The topological polar surface area (TPSA) is 136 Å². The zero-order valence-corrected chi connectivity index (χ0v) is 15.9. The van der Waals surface area contributed by atoms with Crippen LogP contribution in [-0.4, -0.2) is 25.4 Å². The smallest absolute Gasteiger partial charge is 0.329 e. The Morgan fingerprint density at radius 1 is 1.32 bits per heavy atom. The van der Waals surface area contributed by atoms with E-state index in [1.807, 2.05) is 20.8 Å². The van der Waals surface area contributed by atoms with Gasteiger partial charge in [-0.3, -0.25) is 19.1 Å². The minimum Gasteiger partial charge on any atom is -0.384 e. The van der Waals surface area contributed by atoms with Crippen molar-refractivity contribution in [2.24, 2.45) is 0 Å². The van der Waals surface area contributed by atoms with Gasteiger partial charge in [-0.25, -0.2) is 14.8 Å². The number of rotatable bonds is 5. The summed E-state index contributed by atoms with van der Waals surface area (Å²) in [5.74, 6) is -0.166. The van der Waals surface area contributed by atoms with Gasteiger partial charge < -0.3 is 11.1 Å². The maximum absolute atomic E-state index is 13.0. The predicted molar refractivity (Wildman–Crippen MR) is 108 cm³/mol. The zero-order valence-electron chi connectivity index (χ0n) is 15.9. The average Bonchev–Trinajstić information content (AvgIpc) is 2.65. The largest absolute Gasteiger partial charge is 0.384 e. The number of aryl methyl sites for hydroxylation is 1. The standard InChI is InChI=1S/C19H22N6O3/c1-4-7-25-16-15(18(27)24-19(25)28)12(8-13(23-16)10(2)3)17(26)22-11-5-6-14(20)21-9-11/h5-6,8-10H,4,7H2,1-3H3,(H2,20,21)(H,22,26)(H,24,27,28). The Hall–Kier alpha value is -3.49. The molecule has 9 nitrogen and oxygen atoms in total. The van der Waals surface area contributed by atoms with Gasteiger partial charge in [0.25, 0.3) is 11.5 Å². The number of aromatic nitrogens is 4. The number of pyridine rings is 2. The fraction of sp³-hybridized carbons (Fsp3) is 0.316. The normalized spacial score (nSPS) is 11.1. The van der Waals surface area contributed by atoms with Crippen molar-refractivity contribution in [2.75, 3.05) is 11.1 Å². The Balaban J connectivity index is 2.23. The SMILES string of the molecule is CCCn1c(=O)[nH]c(=O)c2c(C(=O)Nc3ccc(N)nc3)cc(C(C)C)nc21. The van der Waals surface area contributed by atoms with Crippen molar-refractivity contribution in [3.63, 3.8) is 0 Å². The molecule has 3 rings (SSSR count). The summed E-state index contributed by atoms with van der Waals surface area (Å²) in [4.78, 5) is 48.5. The van der Waals surface area contributed by atoms with Gasteiger partial charge in [0.05, 0.1) is 22.8 Å². The summed E-state index contributed by atoms with van der Waals surface area (Å²) in [6.45, 7) is 6.14. The van der Waals surface area contributed by atoms with E-state index in [9.17, 15) is 14.4 Å². The predicted octanol–water partition coefficient (Wildman–Crippen LogP) is 1.85. The number of hydrogen-bond donors (Lipinski definition) is 3. The summed E-state index contributed by atoms with van der Waals surface area (Å²) in [5.41, 5.74) is 5.80. The van der Waals surface area contributed by atoms with E-state index in [1.54, 1.807) is 18.2 Å². The summed E-state index contributed by atoms with van der Waals surface area (Å²) in [6.07, 6.45) is 2.10. The van der Waals surface area contributed by atoms with E-state index in [0.29, 0.717) is 30.2 Å². The molecule has 0 bridgehead atoms. The summed E-state index contributed by atoms with van der Waals surface area (Å²) >= 11 is 0. The summed E-state index contributed by atoms with van der Waals surface area (Å²) < 4.78 is 1.39. The molecular formula is C19H22N6O3. The molecule has 0 saturated carbocycles. The van der Waals surface area contributed by atoms with Gasteiger partial charge in [-0.2, -0.15) is 0 Å². The molecule has 9 heteroatoms. The second-order valence-electron chi connectivity index (χ2n) is 6.78. The van der Waals surface area contributed by atoms with E-state index in [1.165, 1.54) is 10.8 Å². The molecule has 0 unspecified atom stereocenters. The Morgan fingerprint density at radius 2 is 2.07 bits per heavy atom. The van der Waals surface area contributed by atoms with E-state index in [0.717, 1.165) is 0 Å². The molecule has 3 heterocycles. The lowest BCUT2D eigenvalue weighted by Crippen LogP contribution is -2.32. The van der Waals surface area contributed by atoms with Crippen LogP contribution in [0.1, 0.15) is 49.2 Å². The highest BCUT2D eigenvalue weighted by atomic mass is 16.2. The van der Waals surface area contributed by atoms with Crippen LogP contribution in [0.4, 0.5) is 11.5 Å². The molecule has 0 aromatic carbocycles. The molecule has 0 saturated heterocycles. The number of carbonyl (C=O) groups is 1. The molecule has 28 heavy (non-hydrogen) atoms. The van der Waals surface area contributed by atoms with Gasteiger partial charge in [0, 0.05) is 12.2 Å². The summed E-state index contributed by atoms with van der Waals surface area (Å²) in [7, 11) is 0. The number of nitrogens with two attached hydrogens (primary N) is 1. The van der Waals surface area contributed by atoms with Gasteiger partial charge >= 0.3 is 5.69 Å². The van der Waals surface area contributed by atoms with Crippen molar-refractivity contribution in [1.82, 2.24) is 19.5 Å². The first-order valence-electron chi connectivity index (χ1n) is 9.02. The molecule has 0 fully saturated rings. The molecule has 0 spiro atoms. The number of amides is 1. The van der Waals surface area contributed by atoms with E-state index in [2.05, 4.69) is 20.3 Å². The molecule has 3 aromatic heterocycles. The number of carbonyl (C=O) groups excluding carboxylic acids is 1. The van der Waals surface area contributed by atoms with Crippen molar-refractivity contribution >= 4 is 28.4 Å². The second kappa shape index (κ2) is 7.63. The third-order valence-electron chi connectivity index (χ3n) is 4.30. The number of fused-ring (bicyclic) bond motifs is 1. The van der Waals surface area contributed by atoms with Crippen LogP contribution in [0.5, 0.6) is 0 Å². The third-order valence-corrected chi connectivity index (χ3v) is 4.30. The Morgan fingerprint density at radius 3 is 2.68 bits per heavy atom. The van der Waals surface area contributed by atoms with Gasteiger partial charge in [-0.05, 0) is 30.5 Å². The molecule has 0 radical (unpaired) electrons. The van der Waals surface area contributed by atoms with Crippen molar-refractivity contribution < 1.29 is 4.79 Å². The van der Waals surface area contributed by atoms with Crippen LogP contribution in [0.25, 0.3) is 11.0 Å². The quantitative estimate of drug-likeness (QED) is 0.616. The van der Waals surface area contributed by atoms with Crippen LogP contribution >= 0.6 is 0 Å². The minimum absolute atomic E-state index is 0.00129. The minimum atomic E-state index is -0.643. The lowest BCUT2D eigenvalue weighted by Gasteiger charge is -2.14. The van der Waals surface area contributed by atoms with E-state index in [-0.39, 0.29) is 22.5 Å². The maximum atomic E-state index is 13.0. The number of nitrogens with zero attached hydrogens (tertiary/aromatic N) is 3. The highest BCUT2D eigenvalue weighted by Gasteiger charge is 2.20. The first-order chi connectivity index (χ1) is 13.3. The van der Waals surface area contributed by atoms with Crippen molar-refractivity contribution in [1.29, 1.82) is 0 Å². The number of nitrogen functional groups attached to an aromatic ring is 1. The average molecular weight is 382 g/mol. The fourth-order valence-corrected chi connectivity index (χ4v) is 2.88. The fourth-order valence-electron chi connectivity index (χ4n) is 2.88. The van der Waals surface area contributed by atoms with Crippen molar-refractivity contribution in [2.45, 2.75) is 39.7 Å². The highest BCUT2D eigenvalue weighted by Crippen LogP contribution is 2.21. The van der Waals surface area contributed by atoms with Crippen LogP contribution < -0.4 is 22.3 Å². The molecule has 0 aliphatic heterocycles. The van der Waals surface area contributed by atoms with E-state index >= 15 is 0 Å². The van der Waals surface area contributed by atoms with Crippen LogP contribution in [-0.2, 0) is 6.54 Å². The first kappa shape index (κ1) is 19.3. The van der Waals surface area contributed by atoms with Crippen molar-refractivity contribution in [3.8, 4) is 0 Å². The number of hydrogen-bond acceptors (Lipinski definition) is 6. The molecule has 3 aromatic rings. The number of nitrogens with one attached hydrogen (secondary N) is 2. The lowest BCUT2D eigenvalue weighted by molar-refractivity contribution is 0.102. The van der Waals surface area contributed by atoms with Crippen LogP contribution in [0.15, 0.2) is 34.0 Å². The molecule has 1 amide bonds. The van der Waals surface area contributed by atoms with E-state index in [4.69, 9.17) is 5.73 Å². The van der Waals surface area contributed by atoms with Crippen LogP contribution in [0, 0.1) is 0 Å². The summed E-state index contributed by atoms with van der Waals surface area (Å²) in [5, 5.41) is 2.79. The zero-order chi connectivity index (χ0) is 20.4. The third kappa shape index (κ3) is 3.64. The molecule has 0 atom stereocenters. The number of H-pyrrole nitrogens is 1. The first-order valence-corrected chi connectivity index (χ1v) is 9.02. The Labute approximate surface area is 160 Å². The molecule has 0 aliphatic rings. The van der Waals surface area contributed by atoms with Crippen LogP contribution in [0.2, 0.25) is 0 Å². The maximum Gasteiger partial charge on any atom is 0.329 e. The number of aromatic amines is 1. The van der Waals surface area contributed by atoms with Gasteiger partial charge in [-0.15, -0.1) is 0 Å². The van der Waals surface area contributed by atoms with Gasteiger partial charge in [-0.1, -0.05) is 20.8 Å². The molecular weight excluding hydrogens is 360 g/mol. The van der Waals surface area contributed by atoms with Crippen LogP contribution in [0.3, 0.4) is 0 Å². The Kier molecular flexibility index (Phi) is 5.25. The summed E-state index contributed by atoms with van der Waals surface area (Å²) in [6, 6.07) is 4.76. The lowest BCUT2D eigenvalue weighted by atomic mass is 10.0. The van der Waals surface area contributed by atoms with Gasteiger partial charge in [0.15, 0.2) is 5.65 Å². The highest BCUT2D eigenvalue weighted by molar-refractivity contribution is 6.11. The van der Waals surface area contributed by atoms with Gasteiger partial charge in [0.1, 0.15) is 5.82 Å². The Bertz CT molecular complexity index is 1150.